The van der Waals surface area contributed by atoms with Gasteiger partial charge < -0.3 is 9.73 Å². The Hall–Kier alpha value is -3.59. The summed E-state index contributed by atoms with van der Waals surface area (Å²) in [6, 6.07) is 15.2. The number of carbonyl (C=O) groups excluding carboxylic acids is 1. The van der Waals surface area contributed by atoms with Crippen LogP contribution in [0.15, 0.2) is 64.0 Å². The van der Waals surface area contributed by atoms with E-state index in [9.17, 15) is 9.59 Å². The summed E-state index contributed by atoms with van der Waals surface area (Å²) < 4.78 is 6.86. The van der Waals surface area contributed by atoms with Gasteiger partial charge in [-0.25, -0.2) is 4.98 Å². The Balaban J connectivity index is 1.58. The van der Waals surface area contributed by atoms with Crippen LogP contribution in [0.3, 0.4) is 0 Å². The van der Waals surface area contributed by atoms with E-state index < -0.39 is 0 Å². The van der Waals surface area contributed by atoms with Gasteiger partial charge in [-0.1, -0.05) is 37.3 Å². The van der Waals surface area contributed by atoms with Gasteiger partial charge in [0.15, 0.2) is 5.76 Å². The van der Waals surface area contributed by atoms with Crippen LogP contribution >= 0.6 is 11.8 Å². The van der Waals surface area contributed by atoms with E-state index in [1.807, 2.05) is 37.3 Å². The maximum atomic E-state index is 12.6. The van der Waals surface area contributed by atoms with Crippen molar-refractivity contribution in [1.29, 1.82) is 0 Å². The smallest absolute Gasteiger partial charge is 0.255 e. The van der Waals surface area contributed by atoms with Crippen molar-refractivity contribution in [2.24, 2.45) is 0 Å². The number of benzene rings is 1. The summed E-state index contributed by atoms with van der Waals surface area (Å²) in [5, 5.41) is 7.39. The zero-order chi connectivity index (χ0) is 22.5. The van der Waals surface area contributed by atoms with Crippen molar-refractivity contribution >= 4 is 23.5 Å². The van der Waals surface area contributed by atoms with Crippen LogP contribution in [-0.4, -0.2) is 31.4 Å². The van der Waals surface area contributed by atoms with Crippen molar-refractivity contribution < 1.29 is 9.21 Å². The maximum absolute atomic E-state index is 12.6. The summed E-state index contributed by atoms with van der Waals surface area (Å²) in [5.74, 6) is 2.00. The topological polar surface area (TPSA) is 106 Å². The second kappa shape index (κ2) is 9.69. The van der Waals surface area contributed by atoms with Gasteiger partial charge in [-0.2, -0.15) is 9.78 Å². The van der Waals surface area contributed by atoms with Crippen LogP contribution in [0.1, 0.15) is 23.7 Å². The summed E-state index contributed by atoms with van der Waals surface area (Å²) in [7, 11) is 0. The highest BCUT2D eigenvalue weighted by atomic mass is 32.2. The Morgan fingerprint density at radius 3 is 2.72 bits per heavy atom. The minimum Gasteiger partial charge on any atom is -0.463 e. The average Bonchev–Trinajstić information content (AvgIpc) is 3.44. The molecular weight excluding hydrogens is 426 g/mol. The monoisotopic (exact) mass is 449 g/mol. The number of hydrogen-bond acceptors (Lipinski definition) is 6. The largest absolute Gasteiger partial charge is 0.463 e. The lowest BCUT2D eigenvalue weighted by molar-refractivity contribution is -0.113. The molecule has 0 aliphatic heterocycles. The minimum absolute atomic E-state index is 0.178. The molecular formula is C23H23N5O3S. The average molecular weight is 450 g/mol. The number of aromatic nitrogens is 4. The van der Waals surface area contributed by atoms with Crippen LogP contribution in [0, 0.1) is 6.92 Å². The minimum atomic E-state index is -0.222. The predicted octanol–water partition coefficient (Wildman–Crippen LogP) is 3.96. The van der Waals surface area contributed by atoms with Gasteiger partial charge in [-0.05, 0) is 31.0 Å². The molecule has 1 amide bonds. The molecule has 2 N–H and O–H groups in total. The number of furan rings is 1. The lowest BCUT2D eigenvalue weighted by atomic mass is 10.2. The first-order chi connectivity index (χ1) is 15.5. The lowest BCUT2D eigenvalue weighted by Crippen LogP contribution is -2.22. The Morgan fingerprint density at radius 1 is 1.22 bits per heavy atom. The summed E-state index contributed by atoms with van der Waals surface area (Å²) in [6.07, 6.45) is 2.13. The van der Waals surface area contributed by atoms with Crippen LogP contribution in [0.25, 0.3) is 17.4 Å². The lowest BCUT2D eigenvalue weighted by Gasteiger charge is -2.10. The number of carbonyl (C=O) groups is 1. The molecule has 0 fully saturated rings. The molecule has 0 spiro atoms. The number of anilines is 1. The third-order valence-electron chi connectivity index (χ3n) is 4.86. The van der Waals surface area contributed by atoms with Crippen molar-refractivity contribution in [2.75, 3.05) is 11.1 Å². The predicted molar refractivity (Wildman–Crippen MR) is 125 cm³/mol. The number of aromatic amines is 1. The van der Waals surface area contributed by atoms with Gasteiger partial charge in [0, 0.05) is 23.1 Å². The number of amides is 1. The Labute approximate surface area is 189 Å². The molecule has 9 heteroatoms. The fraction of sp³-hybridized carbons (Fsp3) is 0.217. The van der Waals surface area contributed by atoms with Crippen molar-refractivity contribution in [3.05, 3.63) is 82.0 Å². The first-order valence-electron chi connectivity index (χ1n) is 10.2. The normalized spacial score (nSPS) is 10.9. The standard InChI is InChI=1S/C23H23N5O3S/c1-3-17-15(2)24-23(26-22(17)30)28-20(12-18(27-28)19-10-7-11-31-19)25-21(29)14-32-13-16-8-5-4-6-9-16/h4-12H,3,13-14H2,1-2H3,(H,25,29)(H,24,26,30). The van der Waals surface area contributed by atoms with Gasteiger partial charge >= 0.3 is 0 Å². The molecule has 4 rings (SSSR count). The molecule has 1 aromatic carbocycles. The van der Waals surface area contributed by atoms with Crippen molar-refractivity contribution in [2.45, 2.75) is 26.0 Å². The van der Waals surface area contributed by atoms with Crippen LogP contribution in [0.2, 0.25) is 0 Å². The summed E-state index contributed by atoms with van der Waals surface area (Å²) >= 11 is 1.52. The SMILES string of the molecule is CCc1c(C)nc(-n2nc(-c3ccco3)cc2NC(=O)CSCc2ccccc2)[nH]c1=O. The van der Waals surface area contributed by atoms with Crippen LogP contribution in [0.4, 0.5) is 5.82 Å². The summed E-state index contributed by atoms with van der Waals surface area (Å²) in [5.41, 5.74) is 2.69. The molecule has 164 valence electrons. The zero-order valence-corrected chi connectivity index (χ0v) is 18.6. The molecule has 8 nitrogen and oxygen atoms in total. The molecule has 0 aliphatic rings. The van der Waals surface area contributed by atoms with Crippen LogP contribution in [-0.2, 0) is 17.0 Å². The molecule has 0 saturated heterocycles. The van der Waals surface area contributed by atoms with Gasteiger partial charge in [0.05, 0.1) is 12.0 Å². The van der Waals surface area contributed by atoms with Gasteiger partial charge in [0.1, 0.15) is 11.5 Å². The van der Waals surface area contributed by atoms with Crippen molar-refractivity contribution in [3.63, 3.8) is 0 Å². The van der Waals surface area contributed by atoms with E-state index in [1.165, 1.54) is 16.4 Å². The molecule has 0 bridgehead atoms. The van der Waals surface area contributed by atoms with E-state index in [1.54, 1.807) is 31.4 Å². The van der Waals surface area contributed by atoms with Gasteiger partial charge in [-0.15, -0.1) is 11.8 Å². The molecule has 0 radical (unpaired) electrons. The van der Waals surface area contributed by atoms with E-state index in [4.69, 9.17) is 4.42 Å². The third kappa shape index (κ3) is 4.83. The Bertz CT molecular complexity index is 1260. The first kappa shape index (κ1) is 21.6. The number of hydrogen-bond donors (Lipinski definition) is 2. The molecule has 0 unspecified atom stereocenters. The van der Waals surface area contributed by atoms with E-state index in [0.29, 0.717) is 35.0 Å². The van der Waals surface area contributed by atoms with E-state index >= 15 is 0 Å². The van der Waals surface area contributed by atoms with Crippen molar-refractivity contribution in [3.8, 4) is 17.4 Å². The maximum Gasteiger partial charge on any atom is 0.255 e. The van der Waals surface area contributed by atoms with E-state index in [-0.39, 0.29) is 23.2 Å². The van der Waals surface area contributed by atoms with Gasteiger partial charge in [0.25, 0.3) is 5.56 Å². The second-order valence-electron chi connectivity index (χ2n) is 7.14. The molecule has 0 aliphatic carbocycles. The number of rotatable bonds is 8. The van der Waals surface area contributed by atoms with Gasteiger partial charge in [0.2, 0.25) is 11.9 Å². The summed E-state index contributed by atoms with van der Waals surface area (Å²) in [6.45, 7) is 3.69. The highest BCUT2D eigenvalue weighted by Crippen LogP contribution is 2.24. The Kier molecular flexibility index (Phi) is 6.55. The Morgan fingerprint density at radius 2 is 2.03 bits per heavy atom. The fourth-order valence-corrected chi connectivity index (χ4v) is 4.09. The number of H-pyrrole nitrogens is 1. The molecule has 0 atom stereocenters. The number of thioether (sulfide) groups is 1. The van der Waals surface area contributed by atoms with E-state index in [0.717, 1.165) is 11.3 Å². The number of nitrogens with zero attached hydrogens (tertiary/aromatic N) is 3. The molecule has 4 aromatic rings. The van der Waals surface area contributed by atoms with Crippen LogP contribution in [0.5, 0.6) is 0 Å². The molecule has 3 heterocycles. The third-order valence-corrected chi connectivity index (χ3v) is 5.86. The second-order valence-corrected chi connectivity index (χ2v) is 8.12. The van der Waals surface area contributed by atoms with E-state index in [2.05, 4.69) is 20.4 Å². The highest BCUT2D eigenvalue weighted by Gasteiger charge is 2.18. The number of aryl methyl sites for hydroxylation is 1. The molecule has 0 saturated carbocycles. The number of nitrogens with one attached hydrogen (secondary N) is 2. The fourth-order valence-electron chi connectivity index (χ4n) is 3.30. The first-order valence-corrected chi connectivity index (χ1v) is 11.4. The quantitative estimate of drug-likeness (QED) is 0.422. The summed E-state index contributed by atoms with van der Waals surface area (Å²) in [4.78, 5) is 32.4. The van der Waals surface area contributed by atoms with Gasteiger partial charge in [-0.3, -0.25) is 14.6 Å². The van der Waals surface area contributed by atoms with Crippen molar-refractivity contribution in [1.82, 2.24) is 19.7 Å². The van der Waals surface area contributed by atoms with Crippen LogP contribution < -0.4 is 10.9 Å². The highest BCUT2D eigenvalue weighted by molar-refractivity contribution is 7.99. The molecule has 32 heavy (non-hydrogen) atoms. The molecule has 3 aromatic heterocycles. The zero-order valence-electron chi connectivity index (χ0n) is 17.8.